The summed E-state index contributed by atoms with van der Waals surface area (Å²) >= 11 is 0. The van der Waals surface area contributed by atoms with E-state index in [0.717, 1.165) is 12.8 Å². The molecule has 1 fully saturated rings. The number of aliphatic hydroxyl groups excluding tert-OH is 1. The van der Waals surface area contributed by atoms with Crippen LogP contribution in [0, 0.1) is 5.92 Å². The minimum atomic E-state index is -0.494. The lowest BCUT2D eigenvalue weighted by Gasteiger charge is -2.19. The van der Waals surface area contributed by atoms with Gasteiger partial charge in [-0.1, -0.05) is 13.8 Å². The molecule has 0 aliphatic carbocycles. The summed E-state index contributed by atoms with van der Waals surface area (Å²) in [6.07, 6.45) is 2.19. The van der Waals surface area contributed by atoms with Crippen molar-refractivity contribution in [2.75, 3.05) is 19.7 Å². The molecule has 1 aliphatic heterocycles. The zero-order valence-electron chi connectivity index (χ0n) is 12.3. The van der Waals surface area contributed by atoms with E-state index < -0.39 is 6.10 Å². The molecule has 19 heavy (non-hydrogen) atoms. The predicted molar refractivity (Wildman–Crippen MR) is 74.9 cm³/mol. The van der Waals surface area contributed by atoms with Crippen molar-refractivity contribution in [2.45, 2.75) is 58.3 Å². The van der Waals surface area contributed by atoms with Gasteiger partial charge in [-0.2, -0.15) is 0 Å². The summed E-state index contributed by atoms with van der Waals surface area (Å²) in [4.78, 5) is 11.0. The number of hydrogen-bond donors (Lipinski definition) is 3. The van der Waals surface area contributed by atoms with Gasteiger partial charge < -0.3 is 20.5 Å². The first kappa shape index (κ1) is 16.4. The lowest BCUT2D eigenvalue weighted by Crippen LogP contribution is -2.40. The minimum Gasteiger partial charge on any atom is -0.389 e. The molecule has 112 valence electrons. The third kappa shape index (κ3) is 7.50. The quantitative estimate of drug-likeness (QED) is 0.577. The van der Waals surface area contributed by atoms with E-state index >= 15 is 0 Å². The van der Waals surface area contributed by atoms with Gasteiger partial charge in [0.1, 0.15) is 0 Å². The molecule has 3 unspecified atom stereocenters. The Labute approximate surface area is 116 Å². The van der Waals surface area contributed by atoms with Gasteiger partial charge in [-0.15, -0.1) is 0 Å². The average molecular weight is 272 g/mol. The summed E-state index contributed by atoms with van der Waals surface area (Å²) in [5, 5.41) is 15.8. The molecule has 3 atom stereocenters. The Bertz CT molecular complexity index is 271. The van der Waals surface area contributed by atoms with E-state index in [2.05, 4.69) is 24.5 Å². The summed E-state index contributed by atoms with van der Waals surface area (Å²) < 4.78 is 5.59. The highest BCUT2D eigenvalue weighted by Crippen LogP contribution is 2.08. The second kappa shape index (κ2) is 8.51. The van der Waals surface area contributed by atoms with Gasteiger partial charge in [0.2, 0.25) is 5.91 Å². The maximum atomic E-state index is 11.0. The molecule has 1 saturated heterocycles. The first-order valence-electron chi connectivity index (χ1n) is 7.27. The van der Waals surface area contributed by atoms with Gasteiger partial charge >= 0.3 is 0 Å². The highest BCUT2D eigenvalue weighted by molar-refractivity contribution is 5.78. The molecule has 0 aromatic rings. The Kier molecular flexibility index (Phi) is 7.34. The lowest BCUT2D eigenvalue weighted by atomic mass is 10.1. The Balaban J connectivity index is 2.01. The number of amides is 1. The normalized spacial score (nSPS) is 22.6. The molecular weight excluding hydrogens is 244 g/mol. The summed E-state index contributed by atoms with van der Waals surface area (Å²) in [6, 6.07) is 0.209. The Hall–Kier alpha value is -0.650. The second-order valence-electron chi connectivity index (χ2n) is 5.89. The van der Waals surface area contributed by atoms with Crippen LogP contribution in [0.5, 0.6) is 0 Å². The molecule has 1 heterocycles. The van der Waals surface area contributed by atoms with E-state index in [4.69, 9.17) is 4.74 Å². The number of carbonyl (C=O) groups is 1. The zero-order chi connectivity index (χ0) is 14.3. The first-order chi connectivity index (χ1) is 8.97. The SMILES string of the molecule is CC(C)CC(C)OCC(O)CNCC1CCC(=O)N1. The lowest BCUT2D eigenvalue weighted by molar-refractivity contribution is -0.119. The third-order valence-electron chi connectivity index (χ3n) is 3.23. The van der Waals surface area contributed by atoms with Crippen LogP contribution in [0.2, 0.25) is 0 Å². The van der Waals surface area contributed by atoms with Gasteiger partial charge in [0.05, 0.1) is 18.8 Å². The van der Waals surface area contributed by atoms with Crippen LogP contribution in [-0.4, -0.2) is 49.0 Å². The summed E-state index contributed by atoms with van der Waals surface area (Å²) in [5.41, 5.74) is 0. The molecule has 0 aromatic carbocycles. The maximum absolute atomic E-state index is 11.0. The van der Waals surface area contributed by atoms with Crippen molar-refractivity contribution in [3.05, 3.63) is 0 Å². The van der Waals surface area contributed by atoms with E-state index in [1.54, 1.807) is 0 Å². The summed E-state index contributed by atoms with van der Waals surface area (Å²) in [7, 11) is 0. The van der Waals surface area contributed by atoms with E-state index in [0.29, 0.717) is 32.0 Å². The van der Waals surface area contributed by atoms with Crippen molar-refractivity contribution in [1.29, 1.82) is 0 Å². The number of nitrogens with one attached hydrogen (secondary N) is 2. The molecule has 1 rings (SSSR count). The first-order valence-corrected chi connectivity index (χ1v) is 7.27. The van der Waals surface area contributed by atoms with Crippen LogP contribution in [0.1, 0.15) is 40.0 Å². The van der Waals surface area contributed by atoms with Gasteiger partial charge in [0.25, 0.3) is 0 Å². The molecular formula is C14H28N2O3. The summed E-state index contributed by atoms with van der Waals surface area (Å²) in [6.45, 7) is 7.93. The van der Waals surface area contributed by atoms with Gasteiger partial charge in [-0.05, 0) is 25.7 Å². The van der Waals surface area contributed by atoms with Crippen molar-refractivity contribution in [3.8, 4) is 0 Å². The van der Waals surface area contributed by atoms with Crippen molar-refractivity contribution in [1.82, 2.24) is 10.6 Å². The van der Waals surface area contributed by atoms with Crippen LogP contribution < -0.4 is 10.6 Å². The number of hydrogen-bond acceptors (Lipinski definition) is 4. The molecule has 0 radical (unpaired) electrons. The van der Waals surface area contributed by atoms with E-state index in [1.807, 2.05) is 6.92 Å². The van der Waals surface area contributed by atoms with E-state index in [9.17, 15) is 9.90 Å². The minimum absolute atomic E-state index is 0.123. The molecule has 0 saturated carbocycles. The zero-order valence-corrected chi connectivity index (χ0v) is 12.3. The van der Waals surface area contributed by atoms with Crippen molar-refractivity contribution >= 4 is 5.91 Å². The molecule has 0 spiro atoms. The Morgan fingerprint density at radius 3 is 2.79 bits per heavy atom. The topological polar surface area (TPSA) is 70.6 Å². The summed E-state index contributed by atoms with van der Waals surface area (Å²) in [5.74, 6) is 0.731. The second-order valence-corrected chi connectivity index (χ2v) is 5.89. The van der Waals surface area contributed by atoms with Crippen molar-refractivity contribution in [3.63, 3.8) is 0 Å². The molecule has 0 aromatic heterocycles. The standard InChI is InChI=1S/C14H28N2O3/c1-10(2)6-11(3)19-9-13(17)8-15-7-12-4-5-14(18)16-12/h10-13,15,17H,4-9H2,1-3H3,(H,16,18). The van der Waals surface area contributed by atoms with E-state index in [1.165, 1.54) is 0 Å². The fourth-order valence-electron chi connectivity index (χ4n) is 2.32. The van der Waals surface area contributed by atoms with E-state index in [-0.39, 0.29) is 18.1 Å². The molecule has 1 amide bonds. The van der Waals surface area contributed by atoms with Gasteiger partial charge in [0, 0.05) is 25.6 Å². The molecule has 5 nitrogen and oxygen atoms in total. The molecule has 1 aliphatic rings. The Morgan fingerprint density at radius 1 is 1.47 bits per heavy atom. The largest absolute Gasteiger partial charge is 0.389 e. The van der Waals surface area contributed by atoms with Crippen molar-refractivity contribution < 1.29 is 14.6 Å². The highest BCUT2D eigenvalue weighted by atomic mass is 16.5. The maximum Gasteiger partial charge on any atom is 0.220 e. The monoisotopic (exact) mass is 272 g/mol. The number of ether oxygens (including phenoxy) is 1. The van der Waals surface area contributed by atoms with Crippen molar-refractivity contribution in [2.24, 2.45) is 5.92 Å². The predicted octanol–water partition coefficient (Wildman–Crippen LogP) is 0.667. The Morgan fingerprint density at radius 2 is 2.21 bits per heavy atom. The van der Waals surface area contributed by atoms with Gasteiger partial charge in [-0.3, -0.25) is 4.79 Å². The van der Waals surface area contributed by atoms with Gasteiger partial charge in [0.15, 0.2) is 0 Å². The van der Waals surface area contributed by atoms with Crippen LogP contribution in [0.25, 0.3) is 0 Å². The molecule has 0 bridgehead atoms. The van der Waals surface area contributed by atoms with Gasteiger partial charge in [-0.25, -0.2) is 0 Å². The van der Waals surface area contributed by atoms with Crippen LogP contribution in [0.4, 0.5) is 0 Å². The van der Waals surface area contributed by atoms with Crippen LogP contribution in [0.3, 0.4) is 0 Å². The average Bonchev–Trinajstić information content (AvgIpc) is 2.71. The van der Waals surface area contributed by atoms with Crippen LogP contribution in [0.15, 0.2) is 0 Å². The fraction of sp³-hybridized carbons (Fsp3) is 0.929. The fourth-order valence-corrected chi connectivity index (χ4v) is 2.32. The number of aliphatic hydroxyl groups is 1. The number of rotatable bonds is 9. The molecule has 3 N–H and O–H groups in total. The smallest absolute Gasteiger partial charge is 0.220 e. The third-order valence-corrected chi connectivity index (χ3v) is 3.23. The number of carbonyl (C=O) groups excluding carboxylic acids is 1. The molecule has 5 heteroatoms. The van der Waals surface area contributed by atoms with Crippen LogP contribution in [-0.2, 0) is 9.53 Å². The van der Waals surface area contributed by atoms with Crippen LogP contribution >= 0.6 is 0 Å². The highest BCUT2D eigenvalue weighted by Gasteiger charge is 2.20.